The molecular weight excluding hydrogens is 485 g/mol. The Morgan fingerprint density at radius 1 is 1.12 bits per heavy atom. The van der Waals surface area contributed by atoms with Gasteiger partial charge in [-0.05, 0) is 48.4 Å². The molecule has 0 N–H and O–H groups in total. The van der Waals surface area contributed by atoms with Crippen LogP contribution < -0.4 is 10.3 Å². The highest BCUT2D eigenvalue weighted by Gasteiger charge is 2.11. The molecule has 1 aromatic heterocycles. The van der Waals surface area contributed by atoms with Crippen LogP contribution in [0.25, 0.3) is 10.9 Å². The maximum absolute atomic E-state index is 13.8. The number of benzene rings is 3. The van der Waals surface area contributed by atoms with Crippen molar-refractivity contribution >= 4 is 33.0 Å². The zero-order valence-electron chi connectivity index (χ0n) is 18.2. The van der Waals surface area contributed by atoms with E-state index in [0.29, 0.717) is 34.5 Å². The molecule has 0 bridgehead atoms. The summed E-state index contributed by atoms with van der Waals surface area (Å²) in [5, 5.41) is 4.97. The highest BCUT2D eigenvalue weighted by molar-refractivity contribution is 9.10. The Bertz CT molecular complexity index is 1370. The minimum absolute atomic E-state index is 0.122. The summed E-state index contributed by atoms with van der Waals surface area (Å²) in [6, 6.07) is 19.3. The molecule has 0 radical (unpaired) electrons. The molecule has 0 unspecified atom stereocenters. The van der Waals surface area contributed by atoms with Gasteiger partial charge in [-0.3, -0.25) is 4.79 Å². The van der Waals surface area contributed by atoms with Crippen LogP contribution in [0, 0.1) is 5.82 Å². The first-order valence-electron chi connectivity index (χ1n) is 10.8. The molecule has 0 atom stereocenters. The number of unbranched alkanes of at least 4 members (excludes halogenated alkanes) is 1. The lowest BCUT2D eigenvalue weighted by Gasteiger charge is -2.10. The Kier molecular flexibility index (Phi) is 7.29. The third-order valence-corrected chi connectivity index (χ3v) is 5.66. The fraction of sp³-hybridized carbons (Fsp3) is 0.192. The van der Waals surface area contributed by atoms with E-state index in [2.05, 4.69) is 32.9 Å². The molecule has 0 amide bonds. The second-order valence-corrected chi connectivity index (χ2v) is 8.52. The molecule has 0 saturated carbocycles. The lowest BCUT2D eigenvalue weighted by atomic mass is 10.2. The fourth-order valence-electron chi connectivity index (χ4n) is 3.40. The number of halogens is 2. The standard InChI is InChI=1S/C26H23BrFN3O2/c1-2-3-11-25-30-24-13-12-20(27)15-22(24)26(32)31(25)29-16-18-7-6-9-21(14-18)33-17-19-8-4-5-10-23(19)28/h4-10,12-16H,2-3,11,17H2,1H3. The van der Waals surface area contributed by atoms with Gasteiger partial charge in [-0.2, -0.15) is 9.78 Å². The largest absolute Gasteiger partial charge is 0.489 e. The predicted molar refractivity (Wildman–Crippen MR) is 132 cm³/mol. The third kappa shape index (κ3) is 5.54. The van der Waals surface area contributed by atoms with Crippen molar-refractivity contribution in [1.29, 1.82) is 0 Å². The van der Waals surface area contributed by atoms with Gasteiger partial charge in [0, 0.05) is 16.5 Å². The van der Waals surface area contributed by atoms with Crippen molar-refractivity contribution < 1.29 is 9.13 Å². The van der Waals surface area contributed by atoms with Crippen molar-refractivity contribution in [3.8, 4) is 5.75 Å². The Morgan fingerprint density at radius 2 is 1.97 bits per heavy atom. The van der Waals surface area contributed by atoms with Gasteiger partial charge in [0.1, 0.15) is 24.0 Å². The molecule has 0 aliphatic carbocycles. The zero-order valence-corrected chi connectivity index (χ0v) is 19.8. The lowest BCUT2D eigenvalue weighted by molar-refractivity contribution is 0.300. The monoisotopic (exact) mass is 507 g/mol. The van der Waals surface area contributed by atoms with Crippen LogP contribution in [0.5, 0.6) is 5.75 Å². The first-order chi connectivity index (χ1) is 16.0. The molecule has 1 heterocycles. The van der Waals surface area contributed by atoms with Gasteiger partial charge in [0.25, 0.3) is 5.56 Å². The second-order valence-electron chi connectivity index (χ2n) is 7.61. The van der Waals surface area contributed by atoms with Crippen LogP contribution in [0.4, 0.5) is 4.39 Å². The molecule has 0 aliphatic rings. The summed E-state index contributed by atoms with van der Waals surface area (Å²) in [5.74, 6) is 0.908. The molecule has 0 saturated heterocycles. The summed E-state index contributed by atoms with van der Waals surface area (Å²) in [6.45, 7) is 2.22. The summed E-state index contributed by atoms with van der Waals surface area (Å²) in [6.07, 6.45) is 4.15. The SMILES string of the molecule is CCCCc1nc2ccc(Br)cc2c(=O)n1N=Cc1cccc(OCc2ccccc2F)c1. The average Bonchev–Trinajstić information content (AvgIpc) is 2.82. The van der Waals surface area contributed by atoms with E-state index in [-0.39, 0.29) is 18.0 Å². The molecule has 4 aromatic rings. The normalized spacial score (nSPS) is 11.4. The third-order valence-electron chi connectivity index (χ3n) is 5.16. The Hall–Kier alpha value is -3.32. The molecule has 33 heavy (non-hydrogen) atoms. The van der Waals surface area contributed by atoms with Crippen LogP contribution in [0.15, 0.2) is 81.1 Å². The summed E-state index contributed by atoms with van der Waals surface area (Å²) in [4.78, 5) is 17.9. The van der Waals surface area contributed by atoms with Crippen molar-refractivity contribution in [3.63, 3.8) is 0 Å². The van der Waals surface area contributed by atoms with E-state index < -0.39 is 0 Å². The van der Waals surface area contributed by atoms with Crippen LogP contribution in [0.3, 0.4) is 0 Å². The van der Waals surface area contributed by atoms with Gasteiger partial charge >= 0.3 is 0 Å². The van der Waals surface area contributed by atoms with E-state index in [0.717, 1.165) is 22.9 Å². The minimum atomic E-state index is -0.301. The smallest absolute Gasteiger partial charge is 0.282 e. The van der Waals surface area contributed by atoms with E-state index in [1.54, 1.807) is 42.6 Å². The van der Waals surface area contributed by atoms with Crippen molar-refractivity contribution in [1.82, 2.24) is 9.66 Å². The summed E-state index contributed by atoms with van der Waals surface area (Å²) < 4.78 is 21.8. The molecular formula is C26H23BrFN3O2. The van der Waals surface area contributed by atoms with Gasteiger partial charge in [0.2, 0.25) is 0 Å². The average molecular weight is 508 g/mol. The van der Waals surface area contributed by atoms with Gasteiger partial charge in [-0.25, -0.2) is 9.37 Å². The van der Waals surface area contributed by atoms with E-state index in [1.807, 2.05) is 24.3 Å². The second kappa shape index (κ2) is 10.5. The maximum atomic E-state index is 13.8. The number of hydrogen-bond donors (Lipinski definition) is 0. The molecule has 4 rings (SSSR count). The zero-order chi connectivity index (χ0) is 23.2. The Morgan fingerprint density at radius 3 is 2.79 bits per heavy atom. The molecule has 3 aromatic carbocycles. The summed E-state index contributed by atoms with van der Waals surface area (Å²) >= 11 is 3.42. The van der Waals surface area contributed by atoms with Gasteiger partial charge in [0.05, 0.1) is 17.1 Å². The molecule has 5 nitrogen and oxygen atoms in total. The molecule has 0 spiro atoms. The lowest BCUT2D eigenvalue weighted by Crippen LogP contribution is -2.22. The topological polar surface area (TPSA) is 56.5 Å². The molecule has 0 aliphatic heterocycles. The van der Waals surface area contributed by atoms with Crippen LogP contribution in [0.1, 0.15) is 36.7 Å². The van der Waals surface area contributed by atoms with E-state index in [4.69, 9.17) is 4.74 Å². The quantitative estimate of drug-likeness (QED) is 0.270. The Balaban J connectivity index is 1.62. The van der Waals surface area contributed by atoms with Crippen molar-refractivity contribution in [2.75, 3.05) is 0 Å². The van der Waals surface area contributed by atoms with Crippen molar-refractivity contribution in [2.45, 2.75) is 32.8 Å². The first-order valence-corrected chi connectivity index (χ1v) is 11.6. The van der Waals surface area contributed by atoms with Gasteiger partial charge in [-0.15, -0.1) is 0 Å². The van der Waals surface area contributed by atoms with E-state index in [1.165, 1.54) is 10.7 Å². The highest BCUT2D eigenvalue weighted by atomic mass is 79.9. The minimum Gasteiger partial charge on any atom is -0.489 e. The molecule has 7 heteroatoms. The first kappa shape index (κ1) is 22.9. The predicted octanol–water partition coefficient (Wildman–Crippen LogP) is 6.10. The molecule has 168 valence electrons. The van der Waals surface area contributed by atoms with E-state index in [9.17, 15) is 9.18 Å². The Labute approximate surface area is 199 Å². The number of fused-ring (bicyclic) bond motifs is 1. The molecule has 0 fully saturated rings. The van der Waals surface area contributed by atoms with E-state index >= 15 is 0 Å². The van der Waals surface area contributed by atoms with Gasteiger partial charge in [-0.1, -0.05) is 59.6 Å². The summed E-state index contributed by atoms with van der Waals surface area (Å²) in [7, 11) is 0. The number of aromatic nitrogens is 2. The number of rotatable bonds is 8. The van der Waals surface area contributed by atoms with Crippen molar-refractivity contribution in [2.24, 2.45) is 5.10 Å². The van der Waals surface area contributed by atoms with Crippen LogP contribution in [0.2, 0.25) is 0 Å². The van der Waals surface area contributed by atoms with Crippen molar-refractivity contribution in [3.05, 3.63) is 104 Å². The summed E-state index contributed by atoms with van der Waals surface area (Å²) in [5.41, 5.74) is 1.68. The van der Waals surface area contributed by atoms with Gasteiger partial charge < -0.3 is 4.74 Å². The number of ether oxygens (including phenoxy) is 1. The van der Waals surface area contributed by atoms with Gasteiger partial charge in [0.15, 0.2) is 0 Å². The highest BCUT2D eigenvalue weighted by Crippen LogP contribution is 2.18. The fourth-order valence-corrected chi connectivity index (χ4v) is 3.76. The number of nitrogens with zero attached hydrogens (tertiary/aromatic N) is 3. The number of aryl methyl sites for hydroxylation is 1. The van der Waals surface area contributed by atoms with Crippen LogP contribution in [-0.4, -0.2) is 15.9 Å². The van der Waals surface area contributed by atoms with Crippen LogP contribution in [-0.2, 0) is 13.0 Å². The maximum Gasteiger partial charge on any atom is 0.282 e. The number of hydrogen-bond acceptors (Lipinski definition) is 4. The van der Waals surface area contributed by atoms with Crippen LogP contribution >= 0.6 is 15.9 Å².